The molecule has 0 aliphatic heterocycles. The van der Waals surface area contributed by atoms with Crippen molar-refractivity contribution in [1.82, 2.24) is 20.9 Å². The van der Waals surface area contributed by atoms with E-state index in [2.05, 4.69) is 25.9 Å². The highest BCUT2D eigenvalue weighted by atomic mass is 127. The van der Waals surface area contributed by atoms with Crippen LogP contribution in [0.1, 0.15) is 28.4 Å². The number of nitrogens with zero attached hydrogens (tertiary/aromatic N) is 2. The lowest BCUT2D eigenvalue weighted by atomic mass is 10.1. The van der Waals surface area contributed by atoms with Gasteiger partial charge in [0.25, 0.3) is 5.91 Å². The van der Waals surface area contributed by atoms with Crippen LogP contribution in [0.25, 0.3) is 0 Å². The van der Waals surface area contributed by atoms with Gasteiger partial charge in [-0.25, -0.2) is 4.99 Å². The molecular weight excluding hydrogens is 509 g/mol. The molecule has 0 bridgehead atoms. The molecule has 31 heavy (non-hydrogen) atoms. The molecule has 3 N–H and O–H groups in total. The molecule has 0 saturated carbocycles. The number of amides is 1. The Bertz CT molecular complexity index is 818. The van der Waals surface area contributed by atoms with Crippen molar-refractivity contribution in [3.63, 3.8) is 0 Å². The summed E-state index contributed by atoms with van der Waals surface area (Å²) < 4.78 is 10.9. The summed E-state index contributed by atoms with van der Waals surface area (Å²) in [5, 5.41) is 9.30. The lowest BCUT2D eigenvalue weighted by molar-refractivity contribution is 0.0954. The van der Waals surface area contributed by atoms with E-state index >= 15 is 0 Å². The summed E-state index contributed by atoms with van der Waals surface area (Å²) >= 11 is 0. The standard InChI is InChI=1S/C22H31N5O3.HI/c1-4-24-22(26-11-10-25-21(28)19-6-5-9-23-15-19)27-16-18-8-7-17(2)14-20(18)30-13-12-29-3;/h5-9,14-15H,4,10-13,16H2,1-3H3,(H,25,28)(H2,24,26,27);1H. The third-order valence-electron chi connectivity index (χ3n) is 4.15. The van der Waals surface area contributed by atoms with E-state index in [1.165, 1.54) is 0 Å². The number of halogens is 1. The smallest absolute Gasteiger partial charge is 0.252 e. The minimum atomic E-state index is -0.149. The second-order valence-electron chi connectivity index (χ2n) is 6.57. The van der Waals surface area contributed by atoms with Crippen LogP contribution in [0.2, 0.25) is 0 Å². The molecule has 2 rings (SSSR count). The highest BCUT2D eigenvalue weighted by molar-refractivity contribution is 14.0. The summed E-state index contributed by atoms with van der Waals surface area (Å²) in [4.78, 5) is 20.6. The highest BCUT2D eigenvalue weighted by Gasteiger charge is 2.06. The molecule has 0 atom stereocenters. The monoisotopic (exact) mass is 541 g/mol. The number of methoxy groups -OCH3 is 1. The average molecular weight is 541 g/mol. The second-order valence-corrected chi connectivity index (χ2v) is 6.57. The molecule has 2 aromatic rings. The molecule has 8 nitrogen and oxygen atoms in total. The van der Waals surface area contributed by atoms with Gasteiger partial charge in [0.1, 0.15) is 12.4 Å². The maximum atomic E-state index is 12.1. The first-order chi connectivity index (χ1) is 14.6. The number of carbonyl (C=O) groups excluding carboxylic acids is 1. The summed E-state index contributed by atoms with van der Waals surface area (Å²) in [6, 6.07) is 9.55. The van der Waals surface area contributed by atoms with Crippen molar-refractivity contribution in [2.24, 2.45) is 4.99 Å². The van der Waals surface area contributed by atoms with Gasteiger partial charge in [0.2, 0.25) is 0 Å². The molecule has 0 spiro atoms. The first-order valence-electron chi connectivity index (χ1n) is 10.1. The van der Waals surface area contributed by atoms with E-state index < -0.39 is 0 Å². The van der Waals surface area contributed by atoms with Crippen molar-refractivity contribution in [1.29, 1.82) is 0 Å². The molecule has 1 heterocycles. The van der Waals surface area contributed by atoms with E-state index in [0.29, 0.717) is 44.4 Å². The van der Waals surface area contributed by atoms with Gasteiger partial charge in [-0.15, -0.1) is 24.0 Å². The summed E-state index contributed by atoms with van der Waals surface area (Å²) in [5.74, 6) is 1.34. The van der Waals surface area contributed by atoms with E-state index in [1.807, 2.05) is 32.0 Å². The lowest BCUT2D eigenvalue weighted by Crippen LogP contribution is -2.41. The number of rotatable bonds is 11. The predicted molar refractivity (Wildman–Crippen MR) is 133 cm³/mol. The summed E-state index contributed by atoms with van der Waals surface area (Å²) in [5.41, 5.74) is 2.67. The minimum Gasteiger partial charge on any atom is -0.491 e. The van der Waals surface area contributed by atoms with Crippen molar-refractivity contribution in [3.05, 3.63) is 59.4 Å². The fourth-order valence-corrected chi connectivity index (χ4v) is 2.62. The number of hydrogen-bond acceptors (Lipinski definition) is 5. The van der Waals surface area contributed by atoms with E-state index in [4.69, 9.17) is 9.47 Å². The predicted octanol–water partition coefficient (Wildman–Crippen LogP) is 2.52. The first-order valence-corrected chi connectivity index (χ1v) is 10.1. The highest BCUT2D eigenvalue weighted by Crippen LogP contribution is 2.21. The Kier molecular flexibility index (Phi) is 13.2. The van der Waals surface area contributed by atoms with Crippen LogP contribution in [-0.4, -0.2) is 56.8 Å². The number of hydrogen-bond donors (Lipinski definition) is 3. The molecule has 1 amide bonds. The van der Waals surface area contributed by atoms with Crippen LogP contribution in [0.15, 0.2) is 47.7 Å². The number of aryl methyl sites for hydroxylation is 1. The number of nitrogens with one attached hydrogen (secondary N) is 3. The molecule has 0 unspecified atom stereocenters. The molecule has 0 saturated heterocycles. The number of ether oxygens (including phenoxy) is 2. The number of pyridine rings is 1. The molecule has 0 radical (unpaired) electrons. The van der Waals surface area contributed by atoms with Gasteiger partial charge in [-0.05, 0) is 37.6 Å². The number of aliphatic imine (C=N–C) groups is 1. The fraction of sp³-hybridized carbons (Fsp3) is 0.409. The van der Waals surface area contributed by atoms with Crippen LogP contribution in [0, 0.1) is 6.92 Å². The fourth-order valence-electron chi connectivity index (χ4n) is 2.62. The Morgan fingerprint density at radius 1 is 1.13 bits per heavy atom. The number of aromatic nitrogens is 1. The van der Waals surface area contributed by atoms with Crippen molar-refractivity contribution < 1.29 is 14.3 Å². The van der Waals surface area contributed by atoms with Crippen LogP contribution in [-0.2, 0) is 11.3 Å². The van der Waals surface area contributed by atoms with Crippen molar-refractivity contribution >= 4 is 35.8 Å². The summed E-state index contributed by atoms with van der Waals surface area (Å²) in [7, 11) is 1.65. The normalized spacial score (nSPS) is 10.7. The molecule has 0 aliphatic rings. The Labute approximate surface area is 201 Å². The Morgan fingerprint density at radius 3 is 2.65 bits per heavy atom. The van der Waals surface area contributed by atoms with Gasteiger partial charge < -0.3 is 25.4 Å². The van der Waals surface area contributed by atoms with Gasteiger partial charge >= 0.3 is 0 Å². The van der Waals surface area contributed by atoms with Crippen molar-refractivity contribution in [2.75, 3.05) is 40.0 Å². The molecular formula is C22H32IN5O3. The van der Waals surface area contributed by atoms with E-state index in [-0.39, 0.29) is 29.9 Å². The zero-order valence-corrected chi connectivity index (χ0v) is 20.6. The SMILES string of the molecule is CCNC(=NCc1ccc(C)cc1OCCOC)NCCNC(=O)c1cccnc1.I. The van der Waals surface area contributed by atoms with Gasteiger partial charge in [0, 0.05) is 44.7 Å². The van der Waals surface area contributed by atoms with Crippen LogP contribution in [0.5, 0.6) is 5.75 Å². The third-order valence-corrected chi connectivity index (χ3v) is 4.15. The zero-order chi connectivity index (χ0) is 21.6. The van der Waals surface area contributed by atoms with Crippen LogP contribution in [0.4, 0.5) is 0 Å². The van der Waals surface area contributed by atoms with Gasteiger partial charge in [-0.2, -0.15) is 0 Å². The molecule has 170 valence electrons. The quantitative estimate of drug-likeness (QED) is 0.175. The first kappa shape index (κ1) is 26.6. The summed E-state index contributed by atoms with van der Waals surface area (Å²) in [6.45, 7) is 7.28. The van der Waals surface area contributed by atoms with Gasteiger partial charge in [0.15, 0.2) is 5.96 Å². The maximum absolute atomic E-state index is 12.1. The minimum absolute atomic E-state index is 0. The largest absolute Gasteiger partial charge is 0.491 e. The molecule has 0 aliphatic carbocycles. The number of benzene rings is 1. The van der Waals surface area contributed by atoms with E-state index in [0.717, 1.165) is 23.4 Å². The molecule has 1 aromatic carbocycles. The second kappa shape index (κ2) is 15.4. The van der Waals surface area contributed by atoms with Crippen LogP contribution >= 0.6 is 24.0 Å². The van der Waals surface area contributed by atoms with Crippen molar-refractivity contribution in [2.45, 2.75) is 20.4 Å². The average Bonchev–Trinajstić information content (AvgIpc) is 2.76. The zero-order valence-electron chi connectivity index (χ0n) is 18.3. The summed E-state index contributed by atoms with van der Waals surface area (Å²) in [6.07, 6.45) is 3.18. The van der Waals surface area contributed by atoms with Crippen LogP contribution in [0.3, 0.4) is 0 Å². The van der Waals surface area contributed by atoms with E-state index in [9.17, 15) is 4.79 Å². The number of guanidine groups is 1. The maximum Gasteiger partial charge on any atom is 0.252 e. The van der Waals surface area contributed by atoms with Gasteiger partial charge in [0.05, 0.1) is 18.7 Å². The Morgan fingerprint density at radius 2 is 1.94 bits per heavy atom. The molecule has 0 fully saturated rings. The Hall–Kier alpha value is -2.40. The third kappa shape index (κ3) is 9.97. The molecule has 1 aromatic heterocycles. The van der Waals surface area contributed by atoms with E-state index in [1.54, 1.807) is 31.6 Å². The Balaban J connectivity index is 0.00000480. The van der Waals surface area contributed by atoms with Crippen LogP contribution < -0.4 is 20.7 Å². The lowest BCUT2D eigenvalue weighted by Gasteiger charge is -2.14. The molecule has 9 heteroatoms. The van der Waals surface area contributed by atoms with Gasteiger partial charge in [-0.3, -0.25) is 9.78 Å². The topological polar surface area (TPSA) is 96.9 Å². The van der Waals surface area contributed by atoms with Gasteiger partial charge in [-0.1, -0.05) is 12.1 Å². The van der Waals surface area contributed by atoms with Crippen molar-refractivity contribution in [3.8, 4) is 5.75 Å². The number of carbonyl (C=O) groups is 1.